The molecule has 24 heavy (non-hydrogen) atoms. The molecule has 3 rings (SSSR count). The maximum absolute atomic E-state index is 13.4. The number of fused-ring (bicyclic) bond motifs is 1. The summed E-state index contributed by atoms with van der Waals surface area (Å²) in [5, 5.41) is 0. The van der Waals surface area contributed by atoms with Gasteiger partial charge in [0.15, 0.2) is 0 Å². The van der Waals surface area contributed by atoms with Crippen LogP contribution in [0, 0.1) is 5.82 Å². The molecule has 0 saturated carbocycles. The highest BCUT2D eigenvalue weighted by atomic mass is 19.1. The van der Waals surface area contributed by atoms with Gasteiger partial charge in [-0.25, -0.2) is 4.39 Å². The maximum atomic E-state index is 13.4. The first-order valence-electron chi connectivity index (χ1n) is 8.11. The number of carbonyl (C=O) groups excluding carboxylic acids is 1. The fourth-order valence-corrected chi connectivity index (χ4v) is 3.12. The van der Waals surface area contributed by atoms with Crippen molar-refractivity contribution < 1.29 is 13.9 Å². The van der Waals surface area contributed by atoms with Gasteiger partial charge in [0.2, 0.25) is 5.91 Å². The molecule has 0 spiro atoms. The van der Waals surface area contributed by atoms with E-state index in [1.807, 2.05) is 35.2 Å². The largest absolute Gasteiger partial charge is 0.377 e. The zero-order chi connectivity index (χ0) is 16.9. The molecule has 0 saturated heterocycles. The Kier molecular flexibility index (Phi) is 5.11. The van der Waals surface area contributed by atoms with E-state index in [1.54, 1.807) is 6.07 Å². The van der Waals surface area contributed by atoms with Crippen molar-refractivity contribution in [3.8, 4) is 0 Å². The molecule has 0 fully saturated rings. The Morgan fingerprint density at radius 3 is 2.79 bits per heavy atom. The van der Waals surface area contributed by atoms with Gasteiger partial charge in [0.05, 0.1) is 6.61 Å². The molecule has 1 aliphatic heterocycles. The zero-order valence-corrected chi connectivity index (χ0v) is 13.5. The Bertz CT molecular complexity index is 706. The Balaban J connectivity index is 1.54. The topological polar surface area (TPSA) is 55.6 Å². The number of nitrogens with zero attached hydrogens (tertiary/aromatic N) is 1. The highest BCUT2D eigenvalue weighted by Crippen LogP contribution is 2.32. The molecule has 0 bridgehead atoms. The average molecular weight is 328 g/mol. The lowest BCUT2D eigenvalue weighted by molar-refractivity contribution is -0.119. The molecule has 1 amide bonds. The Hall–Kier alpha value is -2.40. The molecule has 5 heteroatoms. The van der Waals surface area contributed by atoms with Crippen LogP contribution in [-0.2, 0) is 22.6 Å². The molecule has 0 unspecified atom stereocenters. The van der Waals surface area contributed by atoms with Gasteiger partial charge in [-0.05, 0) is 35.7 Å². The fourth-order valence-electron chi connectivity index (χ4n) is 3.12. The SMILES string of the molecule is NC(=O)[C@H]1Cc2cc(F)ccc2N1CCCOCc1ccccc1. The number of anilines is 1. The van der Waals surface area contributed by atoms with E-state index in [4.69, 9.17) is 10.5 Å². The van der Waals surface area contributed by atoms with Crippen LogP contribution in [-0.4, -0.2) is 25.1 Å². The number of carbonyl (C=O) groups is 1. The van der Waals surface area contributed by atoms with Crippen molar-refractivity contribution in [1.29, 1.82) is 0 Å². The first-order chi connectivity index (χ1) is 11.6. The molecule has 126 valence electrons. The summed E-state index contributed by atoms with van der Waals surface area (Å²) in [4.78, 5) is 13.7. The van der Waals surface area contributed by atoms with E-state index in [0.29, 0.717) is 26.2 Å². The van der Waals surface area contributed by atoms with Crippen LogP contribution in [0.4, 0.5) is 10.1 Å². The third kappa shape index (κ3) is 3.74. The first kappa shape index (κ1) is 16.5. The van der Waals surface area contributed by atoms with Crippen molar-refractivity contribution in [2.45, 2.75) is 25.5 Å². The summed E-state index contributed by atoms with van der Waals surface area (Å²) >= 11 is 0. The molecule has 2 aromatic carbocycles. The van der Waals surface area contributed by atoms with Crippen molar-refractivity contribution in [3.63, 3.8) is 0 Å². The predicted molar refractivity (Wildman–Crippen MR) is 91.1 cm³/mol. The lowest BCUT2D eigenvalue weighted by atomic mass is 10.1. The van der Waals surface area contributed by atoms with E-state index in [0.717, 1.165) is 23.2 Å². The van der Waals surface area contributed by atoms with Gasteiger partial charge >= 0.3 is 0 Å². The van der Waals surface area contributed by atoms with Gasteiger partial charge in [0.25, 0.3) is 0 Å². The number of ether oxygens (including phenoxy) is 1. The zero-order valence-electron chi connectivity index (χ0n) is 13.5. The van der Waals surface area contributed by atoms with Crippen molar-refractivity contribution in [2.24, 2.45) is 5.73 Å². The van der Waals surface area contributed by atoms with Crippen LogP contribution in [0.5, 0.6) is 0 Å². The number of amides is 1. The van der Waals surface area contributed by atoms with E-state index in [9.17, 15) is 9.18 Å². The van der Waals surface area contributed by atoms with E-state index in [2.05, 4.69) is 0 Å². The summed E-state index contributed by atoms with van der Waals surface area (Å²) in [5.74, 6) is -0.665. The Morgan fingerprint density at radius 1 is 1.25 bits per heavy atom. The summed E-state index contributed by atoms with van der Waals surface area (Å²) in [6.07, 6.45) is 1.24. The number of nitrogens with two attached hydrogens (primary N) is 1. The summed E-state index contributed by atoms with van der Waals surface area (Å²) in [5.41, 5.74) is 8.37. The minimum absolute atomic E-state index is 0.287. The second-order valence-corrected chi connectivity index (χ2v) is 5.98. The monoisotopic (exact) mass is 328 g/mol. The molecule has 2 N–H and O–H groups in total. The average Bonchev–Trinajstić information content (AvgIpc) is 2.93. The third-order valence-corrected chi connectivity index (χ3v) is 4.27. The minimum atomic E-state index is -0.407. The van der Waals surface area contributed by atoms with Gasteiger partial charge in [0.1, 0.15) is 11.9 Å². The van der Waals surface area contributed by atoms with Crippen molar-refractivity contribution in [1.82, 2.24) is 0 Å². The van der Waals surface area contributed by atoms with Gasteiger partial charge in [-0.15, -0.1) is 0 Å². The molecule has 4 nitrogen and oxygen atoms in total. The molecule has 1 heterocycles. The van der Waals surface area contributed by atoms with Gasteiger partial charge in [-0.1, -0.05) is 30.3 Å². The molecular weight excluding hydrogens is 307 g/mol. The van der Waals surface area contributed by atoms with Gasteiger partial charge in [-0.3, -0.25) is 4.79 Å². The van der Waals surface area contributed by atoms with Crippen molar-refractivity contribution >= 4 is 11.6 Å². The molecular formula is C19H21FN2O2. The smallest absolute Gasteiger partial charge is 0.240 e. The number of benzene rings is 2. The van der Waals surface area contributed by atoms with E-state index in [-0.39, 0.29) is 11.7 Å². The second kappa shape index (κ2) is 7.45. The number of rotatable bonds is 7. The fraction of sp³-hybridized carbons (Fsp3) is 0.316. The molecule has 1 atom stereocenters. The van der Waals surface area contributed by atoms with Crippen LogP contribution in [0.25, 0.3) is 0 Å². The van der Waals surface area contributed by atoms with Crippen molar-refractivity contribution in [2.75, 3.05) is 18.1 Å². The van der Waals surface area contributed by atoms with Crippen LogP contribution < -0.4 is 10.6 Å². The van der Waals surface area contributed by atoms with Crippen LogP contribution in [0.3, 0.4) is 0 Å². The predicted octanol–water partition coefficient (Wildman–Crippen LogP) is 2.65. The van der Waals surface area contributed by atoms with Crippen LogP contribution in [0.1, 0.15) is 17.5 Å². The van der Waals surface area contributed by atoms with Gasteiger partial charge in [-0.2, -0.15) is 0 Å². The summed E-state index contributed by atoms with van der Waals surface area (Å²) in [7, 11) is 0. The second-order valence-electron chi connectivity index (χ2n) is 5.98. The van der Waals surface area contributed by atoms with Gasteiger partial charge < -0.3 is 15.4 Å². The van der Waals surface area contributed by atoms with Gasteiger partial charge in [0, 0.05) is 25.3 Å². The quantitative estimate of drug-likeness (QED) is 0.795. The standard InChI is InChI=1S/C19H21FN2O2/c20-16-7-8-17-15(11-16)12-18(19(21)23)22(17)9-4-10-24-13-14-5-2-1-3-6-14/h1-3,5-8,11,18H,4,9-10,12-13H2,(H2,21,23)/t18-/m1/s1. The van der Waals surface area contributed by atoms with Crippen molar-refractivity contribution in [3.05, 3.63) is 65.5 Å². The molecule has 0 aliphatic carbocycles. The summed E-state index contributed by atoms with van der Waals surface area (Å²) in [6, 6.07) is 14.2. The van der Waals surface area contributed by atoms with Crippen LogP contribution in [0.15, 0.2) is 48.5 Å². The van der Waals surface area contributed by atoms with Crippen LogP contribution >= 0.6 is 0 Å². The maximum Gasteiger partial charge on any atom is 0.240 e. The highest BCUT2D eigenvalue weighted by molar-refractivity contribution is 5.86. The highest BCUT2D eigenvalue weighted by Gasteiger charge is 2.32. The lowest BCUT2D eigenvalue weighted by Crippen LogP contribution is -2.43. The molecule has 0 aromatic heterocycles. The van der Waals surface area contributed by atoms with E-state index in [1.165, 1.54) is 12.1 Å². The van der Waals surface area contributed by atoms with E-state index >= 15 is 0 Å². The minimum Gasteiger partial charge on any atom is -0.377 e. The lowest BCUT2D eigenvalue weighted by Gasteiger charge is -2.25. The normalized spacial score (nSPS) is 16.2. The third-order valence-electron chi connectivity index (χ3n) is 4.27. The summed E-state index contributed by atoms with van der Waals surface area (Å²) in [6.45, 7) is 1.82. The molecule has 1 aliphatic rings. The van der Waals surface area contributed by atoms with Crippen LogP contribution in [0.2, 0.25) is 0 Å². The number of hydrogen-bond acceptors (Lipinski definition) is 3. The van der Waals surface area contributed by atoms with E-state index < -0.39 is 6.04 Å². The number of primary amides is 1. The summed E-state index contributed by atoms with van der Waals surface area (Å²) < 4.78 is 19.1. The number of hydrogen-bond donors (Lipinski definition) is 1. The number of halogens is 1. The molecule has 0 radical (unpaired) electrons. The first-order valence-corrected chi connectivity index (χ1v) is 8.11. The Labute approximate surface area is 141 Å². The Morgan fingerprint density at radius 2 is 2.04 bits per heavy atom. The molecule has 2 aromatic rings.